The first-order valence-corrected chi connectivity index (χ1v) is 12.9. The molecule has 0 aromatic rings. The molecule has 2 aliphatic carbocycles. The molecule has 0 amide bonds. The second-order valence-corrected chi connectivity index (χ2v) is 9.59. The third-order valence-electron chi connectivity index (χ3n) is 4.81. The van der Waals surface area contributed by atoms with Crippen LogP contribution in [0.25, 0.3) is 0 Å². The van der Waals surface area contributed by atoms with E-state index in [0.29, 0.717) is 5.41 Å². The summed E-state index contributed by atoms with van der Waals surface area (Å²) < 4.78 is 0. The van der Waals surface area contributed by atoms with Crippen LogP contribution in [0.5, 0.6) is 0 Å². The predicted octanol–water partition coefficient (Wildman–Crippen LogP) is 5.77. The van der Waals surface area contributed by atoms with Crippen molar-refractivity contribution in [2.45, 2.75) is 65.2 Å². The van der Waals surface area contributed by atoms with Gasteiger partial charge in [-0.1, -0.05) is 39.5 Å². The van der Waals surface area contributed by atoms with Crippen molar-refractivity contribution in [1.82, 2.24) is 0 Å². The molecule has 0 nitrogen and oxygen atoms in total. The molecule has 0 unspecified atom stereocenters. The maximum atomic E-state index is 4.93. The molecule has 0 saturated heterocycles. The van der Waals surface area contributed by atoms with Crippen LogP contribution in [0.15, 0.2) is 0 Å². The fraction of sp³-hybridized carbons (Fsp3) is 1.00. The molecule has 0 spiro atoms. The standard InChI is InChI=1S/C13H24.2ClH.Zr/c1-13(2,11-7-3-4-8-11)12-9-5-6-10-12;;;/h11-12H,3-10H2,1-2H3;2*1H;/q;;;+2/p-2. The Bertz CT molecular complexity index is 164. The first-order valence-electron chi connectivity index (χ1n) is 6.59. The van der Waals surface area contributed by atoms with Crippen LogP contribution in [-0.4, -0.2) is 0 Å². The van der Waals surface area contributed by atoms with Gasteiger partial charge in [-0.05, 0) is 42.9 Å². The van der Waals surface area contributed by atoms with Crippen LogP contribution < -0.4 is 0 Å². The predicted molar refractivity (Wildman–Crippen MR) is 69.4 cm³/mol. The summed E-state index contributed by atoms with van der Waals surface area (Å²) in [6.07, 6.45) is 12.1. The van der Waals surface area contributed by atoms with Gasteiger partial charge in [0.25, 0.3) is 0 Å². The molecule has 2 rings (SSSR count). The molecule has 0 aromatic heterocycles. The molecule has 0 heterocycles. The second-order valence-electron chi connectivity index (χ2n) is 5.86. The van der Waals surface area contributed by atoms with Gasteiger partial charge in [0, 0.05) is 0 Å². The number of hydrogen-bond donors (Lipinski definition) is 0. The van der Waals surface area contributed by atoms with Gasteiger partial charge in [-0.15, -0.1) is 0 Å². The van der Waals surface area contributed by atoms with E-state index in [1.165, 1.54) is 51.4 Å². The van der Waals surface area contributed by atoms with E-state index in [9.17, 15) is 0 Å². The summed E-state index contributed by atoms with van der Waals surface area (Å²) >= 11 is -0.826. The number of rotatable bonds is 2. The molecule has 3 heteroatoms. The van der Waals surface area contributed by atoms with Gasteiger partial charge in [-0.3, -0.25) is 0 Å². The SMILES string of the molecule is CC(C)(C1CCCC1)C1CCCC1.[Cl][Zr][Cl]. The Labute approximate surface area is 120 Å². The van der Waals surface area contributed by atoms with Crippen LogP contribution in [0.1, 0.15) is 65.2 Å². The summed E-state index contributed by atoms with van der Waals surface area (Å²) in [5.74, 6) is 2.10. The number of hydrogen-bond acceptors (Lipinski definition) is 0. The first kappa shape index (κ1) is 15.5. The topological polar surface area (TPSA) is 0 Å². The Balaban J connectivity index is 0.000000386. The fourth-order valence-corrected chi connectivity index (χ4v) is 3.67. The van der Waals surface area contributed by atoms with E-state index in [1.807, 2.05) is 0 Å². The van der Waals surface area contributed by atoms with Gasteiger partial charge >= 0.3 is 37.9 Å². The molecule has 0 N–H and O–H groups in total. The quantitative estimate of drug-likeness (QED) is 0.597. The van der Waals surface area contributed by atoms with Crippen molar-refractivity contribution in [3.63, 3.8) is 0 Å². The molecule has 0 bridgehead atoms. The number of halogens is 2. The average Bonchev–Trinajstić information content (AvgIpc) is 2.93. The van der Waals surface area contributed by atoms with E-state index in [0.717, 1.165) is 11.8 Å². The molecule has 2 fully saturated rings. The zero-order valence-electron chi connectivity index (χ0n) is 10.6. The molecule has 94 valence electrons. The van der Waals surface area contributed by atoms with Gasteiger partial charge in [0.1, 0.15) is 0 Å². The van der Waals surface area contributed by atoms with E-state index < -0.39 is 20.8 Å². The van der Waals surface area contributed by atoms with Crippen molar-refractivity contribution >= 4 is 17.0 Å². The third kappa shape index (κ3) is 4.29. The summed E-state index contributed by atoms with van der Waals surface area (Å²) in [6.45, 7) is 5.08. The minimum atomic E-state index is -0.826. The zero-order valence-corrected chi connectivity index (χ0v) is 14.5. The minimum absolute atomic E-state index is 0.660. The Morgan fingerprint density at radius 3 is 1.31 bits per heavy atom. The molecule has 0 aromatic carbocycles. The molecule has 2 aliphatic rings. The van der Waals surface area contributed by atoms with Crippen molar-refractivity contribution in [3.05, 3.63) is 0 Å². The van der Waals surface area contributed by atoms with Crippen molar-refractivity contribution in [1.29, 1.82) is 0 Å². The van der Waals surface area contributed by atoms with Crippen LogP contribution in [0.2, 0.25) is 0 Å². The van der Waals surface area contributed by atoms with Crippen molar-refractivity contribution in [2.75, 3.05) is 0 Å². The van der Waals surface area contributed by atoms with Crippen LogP contribution in [-0.2, 0) is 20.8 Å². The Hall–Kier alpha value is 1.46. The van der Waals surface area contributed by atoms with Gasteiger partial charge in [0.15, 0.2) is 0 Å². The van der Waals surface area contributed by atoms with Crippen LogP contribution in [0, 0.1) is 17.3 Å². The van der Waals surface area contributed by atoms with E-state index in [-0.39, 0.29) is 0 Å². The third-order valence-corrected chi connectivity index (χ3v) is 4.81. The van der Waals surface area contributed by atoms with Crippen molar-refractivity contribution in [2.24, 2.45) is 17.3 Å². The summed E-state index contributed by atoms with van der Waals surface area (Å²) in [5.41, 5.74) is 0.660. The van der Waals surface area contributed by atoms with Crippen molar-refractivity contribution in [3.8, 4) is 0 Å². The van der Waals surface area contributed by atoms with Crippen LogP contribution in [0.4, 0.5) is 0 Å². The van der Waals surface area contributed by atoms with Crippen LogP contribution in [0.3, 0.4) is 0 Å². The Morgan fingerprint density at radius 2 is 1.06 bits per heavy atom. The molecular weight excluding hydrogens is 318 g/mol. The summed E-state index contributed by atoms with van der Waals surface area (Å²) in [7, 11) is 9.87. The molecule has 0 aliphatic heterocycles. The average molecular weight is 342 g/mol. The van der Waals surface area contributed by atoms with Gasteiger partial charge in [0.2, 0.25) is 0 Å². The molecule has 2 saturated carbocycles. The fourth-order valence-electron chi connectivity index (χ4n) is 3.67. The van der Waals surface area contributed by atoms with Gasteiger partial charge < -0.3 is 0 Å². The van der Waals surface area contributed by atoms with Gasteiger partial charge in [-0.25, -0.2) is 0 Å². The van der Waals surface area contributed by atoms with E-state index >= 15 is 0 Å². The summed E-state index contributed by atoms with van der Waals surface area (Å²) in [6, 6.07) is 0. The molecule has 16 heavy (non-hydrogen) atoms. The zero-order chi connectivity index (χ0) is 12.0. The maximum absolute atomic E-state index is 4.93. The second kappa shape index (κ2) is 7.80. The van der Waals surface area contributed by atoms with E-state index in [1.54, 1.807) is 0 Å². The van der Waals surface area contributed by atoms with E-state index in [2.05, 4.69) is 13.8 Å². The van der Waals surface area contributed by atoms with Gasteiger partial charge in [-0.2, -0.15) is 0 Å². The molecular formula is C13H24Cl2Zr. The van der Waals surface area contributed by atoms with Crippen LogP contribution >= 0.6 is 17.0 Å². The Kier molecular flexibility index (Phi) is 7.57. The van der Waals surface area contributed by atoms with Crippen molar-refractivity contribution < 1.29 is 20.8 Å². The Morgan fingerprint density at radius 1 is 0.812 bits per heavy atom. The normalized spacial score (nSPS) is 23.0. The summed E-state index contributed by atoms with van der Waals surface area (Å²) in [4.78, 5) is 0. The molecule has 0 atom stereocenters. The summed E-state index contributed by atoms with van der Waals surface area (Å²) in [5, 5.41) is 0. The molecule has 0 radical (unpaired) electrons. The van der Waals surface area contributed by atoms with Gasteiger partial charge in [0.05, 0.1) is 0 Å². The monoisotopic (exact) mass is 340 g/mol. The first-order chi connectivity index (χ1) is 7.62. The van der Waals surface area contributed by atoms with E-state index in [4.69, 9.17) is 17.0 Å².